The Kier molecular flexibility index (Phi) is 6.67. The Hall–Kier alpha value is -3.09. The Bertz CT molecular complexity index is 1870. The SMILES string of the molecule is O=C(COc1cccc2occ(S(=O)(=O)c3ccc4ccccc4c3)c12)NS(=O)(=O)c1cc(Cl)c(Cl)s1. The summed E-state index contributed by atoms with van der Waals surface area (Å²) in [6.45, 7) is -0.716. The van der Waals surface area contributed by atoms with E-state index in [9.17, 15) is 21.6 Å². The Labute approximate surface area is 225 Å². The zero-order valence-corrected chi connectivity index (χ0v) is 22.4. The molecular formula is C24H15Cl2NO7S3. The van der Waals surface area contributed by atoms with Crippen molar-refractivity contribution in [1.29, 1.82) is 0 Å². The van der Waals surface area contributed by atoms with Crippen molar-refractivity contribution >= 4 is 82.0 Å². The van der Waals surface area contributed by atoms with Crippen LogP contribution in [0.1, 0.15) is 0 Å². The highest BCUT2D eigenvalue weighted by molar-refractivity contribution is 7.92. The third kappa shape index (κ3) is 4.92. The summed E-state index contributed by atoms with van der Waals surface area (Å²) in [5.41, 5.74) is 0.216. The molecule has 1 N–H and O–H groups in total. The second-order valence-corrected chi connectivity index (χ2v) is 13.6. The van der Waals surface area contributed by atoms with Gasteiger partial charge < -0.3 is 9.15 Å². The van der Waals surface area contributed by atoms with Crippen LogP contribution in [0.2, 0.25) is 9.36 Å². The summed E-state index contributed by atoms with van der Waals surface area (Å²) in [6, 6.07) is 17.8. The quantitative estimate of drug-likeness (QED) is 0.257. The zero-order chi connectivity index (χ0) is 26.4. The summed E-state index contributed by atoms with van der Waals surface area (Å²) in [4.78, 5) is 12.3. The molecule has 5 aromatic rings. The number of ether oxygens (including phenoxy) is 1. The van der Waals surface area contributed by atoms with E-state index in [2.05, 4.69) is 0 Å². The first-order chi connectivity index (χ1) is 17.6. The maximum Gasteiger partial charge on any atom is 0.273 e. The number of carbonyl (C=O) groups excluding carboxylic acids is 1. The van der Waals surface area contributed by atoms with Gasteiger partial charge in [0.05, 0.1) is 15.3 Å². The number of hydrogen-bond acceptors (Lipinski definition) is 8. The molecule has 0 aliphatic carbocycles. The van der Waals surface area contributed by atoms with Gasteiger partial charge in [-0.1, -0.05) is 59.6 Å². The second kappa shape index (κ2) is 9.66. The van der Waals surface area contributed by atoms with E-state index in [0.29, 0.717) is 11.3 Å². The topological polar surface area (TPSA) is 120 Å². The minimum Gasteiger partial charge on any atom is -0.483 e. The molecule has 190 valence electrons. The lowest BCUT2D eigenvalue weighted by Crippen LogP contribution is -2.34. The van der Waals surface area contributed by atoms with Gasteiger partial charge >= 0.3 is 0 Å². The average molecular weight is 596 g/mol. The molecule has 0 aliphatic heterocycles. The van der Waals surface area contributed by atoms with E-state index in [1.54, 1.807) is 30.3 Å². The number of amides is 1. The lowest BCUT2D eigenvalue weighted by molar-refractivity contribution is -0.121. The molecule has 0 bridgehead atoms. The van der Waals surface area contributed by atoms with Crippen molar-refractivity contribution in [2.45, 2.75) is 14.0 Å². The number of furan rings is 1. The highest BCUT2D eigenvalue weighted by Crippen LogP contribution is 2.37. The van der Waals surface area contributed by atoms with Gasteiger partial charge in [-0.2, -0.15) is 0 Å². The summed E-state index contributed by atoms with van der Waals surface area (Å²) in [6.07, 6.45) is 1.11. The van der Waals surface area contributed by atoms with Crippen LogP contribution < -0.4 is 9.46 Å². The molecule has 37 heavy (non-hydrogen) atoms. The molecule has 5 rings (SSSR count). The molecule has 3 aromatic carbocycles. The minimum atomic E-state index is -4.23. The van der Waals surface area contributed by atoms with E-state index in [0.717, 1.165) is 23.1 Å². The van der Waals surface area contributed by atoms with Crippen LogP contribution in [0.15, 0.2) is 91.4 Å². The molecule has 0 unspecified atom stereocenters. The fourth-order valence-corrected chi connectivity index (χ4v) is 7.92. The van der Waals surface area contributed by atoms with Crippen molar-refractivity contribution in [3.63, 3.8) is 0 Å². The summed E-state index contributed by atoms with van der Waals surface area (Å²) in [7, 11) is -8.26. The summed E-state index contributed by atoms with van der Waals surface area (Å²) >= 11 is 12.3. The van der Waals surface area contributed by atoms with Crippen molar-refractivity contribution in [1.82, 2.24) is 4.72 Å². The Morgan fingerprint density at radius 1 is 0.946 bits per heavy atom. The van der Waals surface area contributed by atoms with Crippen molar-refractivity contribution in [2.75, 3.05) is 6.61 Å². The van der Waals surface area contributed by atoms with E-state index in [4.69, 9.17) is 32.4 Å². The number of halogens is 2. The molecule has 8 nitrogen and oxygen atoms in total. The van der Waals surface area contributed by atoms with Crippen molar-refractivity contribution in [3.05, 3.63) is 82.4 Å². The lowest BCUT2D eigenvalue weighted by Gasteiger charge is -2.10. The van der Waals surface area contributed by atoms with Crippen LogP contribution in [0.5, 0.6) is 5.75 Å². The fraction of sp³-hybridized carbons (Fsp3) is 0.0417. The third-order valence-electron chi connectivity index (χ3n) is 5.34. The van der Waals surface area contributed by atoms with E-state index in [1.165, 1.54) is 12.1 Å². The first-order valence-corrected chi connectivity index (χ1v) is 15.0. The van der Waals surface area contributed by atoms with Gasteiger partial charge in [-0.05, 0) is 41.1 Å². The molecule has 2 heterocycles. The van der Waals surface area contributed by atoms with Crippen molar-refractivity contribution in [2.24, 2.45) is 0 Å². The van der Waals surface area contributed by atoms with Crippen LogP contribution in [0.3, 0.4) is 0 Å². The lowest BCUT2D eigenvalue weighted by atomic mass is 10.1. The van der Waals surface area contributed by atoms with Gasteiger partial charge in [0.25, 0.3) is 15.9 Å². The number of hydrogen-bond donors (Lipinski definition) is 1. The van der Waals surface area contributed by atoms with E-state index < -0.39 is 32.4 Å². The van der Waals surface area contributed by atoms with E-state index in [-0.39, 0.29) is 40.1 Å². The average Bonchev–Trinajstić information content (AvgIpc) is 3.46. The van der Waals surface area contributed by atoms with Gasteiger partial charge in [0.2, 0.25) is 9.84 Å². The number of carbonyl (C=O) groups is 1. The molecule has 0 saturated heterocycles. The predicted octanol–water partition coefficient (Wildman–Crippen LogP) is 5.67. The fourth-order valence-electron chi connectivity index (χ4n) is 3.64. The highest BCUT2D eigenvalue weighted by atomic mass is 35.5. The number of rotatable bonds is 7. The summed E-state index contributed by atoms with van der Waals surface area (Å²) < 4.78 is 64.6. The zero-order valence-electron chi connectivity index (χ0n) is 18.5. The summed E-state index contributed by atoms with van der Waals surface area (Å²) in [5.74, 6) is -0.958. The molecule has 0 atom stereocenters. The van der Waals surface area contributed by atoms with Crippen LogP contribution in [0.4, 0.5) is 0 Å². The highest BCUT2D eigenvalue weighted by Gasteiger charge is 2.27. The number of thiophene rings is 1. The molecule has 0 saturated carbocycles. The first kappa shape index (κ1) is 25.6. The van der Waals surface area contributed by atoms with Crippen LogP contribution >= 0.6 is 34.5 Å². The van der Waals surface area contributed by atoms with Crippen LogP contribution in [0.25, 0.3) is 21.7 Å². The maximum absolute atomic E-state index is 13.5. The number of sulfonamides is 1. The molecule has 2 aromatic heterocycles. The van der Waals surface area contributed by atoms with Crippen molar-refractivity contribution in [3.8, 4) is 5.75 Å². The van der Waals surface area contributed by atoms with Crippen LogP contribution in [0, 0.1) is 0 Å². The molecule has 0 aliphatic rings. The maximum atomic E-state index is 13.5. The smallest absolute Gasteiger partial charge is 0.273 e. The molecule has 0 fully saturated rings. The number of nitrogens with one attached hydrogen (secondary N) is 1. The molecular weight excluding hydrogens is 581 g/mol. The number of sulfone groups is 1. The van der Waals surface area contributed by atoms with Gasteiger partial charge in [-0.15, -0.1) is 11.3 Å². The largest absolute Gasteiger partial charge is 0.483 e. The van der Waals surface area contributed by atoms with Gasteiger partial charge in [-0.25, -0.2) is 21.6 Å². The molecule has 0 spiro atoms. The van der Waals surface area contributed by atoms with Gasteiger partial charge in [-0.3, -0.25) is 4.79 Å². The second-order valence-electron chi connectivity index (χ2n) is 7.75. The Morgan fingerprint density at radius 2 is 1.70 bits per heavy atom. The minimum absolute atomic E-state index is 0.0281. The van der Waals surface area contributed by atoms with Gasteiger partial charge in [0.1, 0.15) is 31.0 Å². The number of fused-ring (bicyclic) bond motifs is 2. The van der Waals surface area contributed by atoms with E-state index in [1.807, 2.05) is 22.9 Å². The standard InChI is InChI=1S/C24H15Cl2NO7S3/c25-17-11-22(35-24(17)26)37(31,32)27-21(28)13-34-19-7-3-6-18-23(19)20(12-33-18)36(29,30)16-9-8-14-4-1-2-5-15(14)10-16/h1-12H,13H2,(H,27,28). The third-order valence-corrected chi connectivity index (χ3v) is 10.8. The predicted molar refractivity (Wildman–Crippen MR) is 141 cm³/mol. The van der Waals surface area contributed by atoms with Gasteiger partial charge in [0, 0.05) is 0 Å². The number of benzene rings is 3. The molecule has 13 heteroatoms. The van der Waals surface area contributed by atoms with E-state index >= 15 is 0 Å². The summed E-state index contributed by atoms with van der Waals surface area (Å²) in [5, 5.41) is 1.81. The molecule has 1 amide bonds. The van der Waals surface area contributed by atoms with Crippen LogP contribution in [-0.2, 0) is 24.7 Å². The molecule has 0 radical (unpaired) electrons. The Morgan fingerprint density at radius 3 is 2.43 bits per heavy atom. The van der Waals surface area contributed by atoms with Crippen molar-refractivity contribution < 1.29 is 30.8 Å². The Balaban J connectivity index is 1.42. The van der Waals surface area contributed by atoms with Gasteiger partial charge in [0.15, 0.2) is 6.61 Å². The van der Waals surface area contributed by atoms with Crippen LogP contribution in [-0.4, -0.2) is 29.3 Å². The first-order valence-electron chi connectivity index (χ1n) is 10.4. The monoisotopic (exact) mass is 595 g/mol. The normalized spacial score (nSPS) is 12.2.